The summed E-state index contributed by atoms with van der Waals surface area (Å²) in [6.45, 7) is 3.49. The molecule has 6 nitrogen and oxygen atoms in total. The number of ether oxygens (including phenoxy) is 2. The van der Waals surface area contributed by atoms with Crippen molar-refractivity contribution in [2.24, 2.45) is 5.92 Å². The third kappa shape index (κ3) is 4.37. The predicted molar refractivity (Wildman–Crippen MR) is 126 cm³/mol. The molecule has 1 unspecified atom stereocenters. The second kappa shape index (κ2) is 9.69. The summed E-state index contributed by atoms with van der Waals surface area (Å²) in [7, 11) is 0. The molecule has 168 valence electrons. The van der Waals surface area contributed by atoms with Crippen LogP contribution in [0.5, 0.6) is 0 Å². The normalized spacial score (nSPS) is 12.1. The zero-order valence-electron chi connectivity index (χ0n) is 18.5. The molecule has 1 atom stereocenters. The van der Waals surface area contributed by atoms with E-state index in [4.69, 9.17) is 9.47 Å². The molecule has 0 saturated heterocycles. The first kappa shape index (κ1) is 22.3. The Hall–Kier alpha value is -3.93. The topological polar surface area (TPSA) is 85.5 Å². The van der Waals surface area contributed by atoms with Crippen LogP contribution in [-0.4, -0.2) is 35.9 Å². The van der Waals surface area contributed by atoms with Crippen molar-refractivity contribution in [1.29, 1.82) is 0 Å². The number of Topliss-reactive ketones (excluding diaryl/α,β-unsaturated/α-hetero) is 1. The lowest BCUT2D eigenvalue weighted by Crippen LogP contribution is -2.37. The van der Waals surface area contributed by atoms with E-state index >= 15 is 0 Å². The molecule has 1 aromatic heterocycles. The predicted octanol–water partition coefficient (Wildman–Crippen LogP) is 5.03. The number of para-hydroxylation sites is 1. The van der Waals surface area contributed by atoms with Crippen molar-refractivity contribution in [2.75, 3.05) is 13.2 Å². The minimum absolute atomic E-state index is 0.0858. The fraction of sp³-hybridized carbons (Fsp3) is 0.222. The van der Waals surface area contributed by atoms with Crippen molar-refractivity contribution < 1.29 is 23.9 Å². The number of hydrogen-bond acceptors (Lipinski definition) is 5. The van der Waals surface area contributed by atoms with Crippen molar-refractivity contribution >= 4 is 39.5 Å². The van der Waals surface area contributed by atoms with Crippen molar-refractivity contribution in [3.8, 4) is 0 Å². The number of carbonyl (C=O) groups excluding carboxylic acids is 3. The Morgan fingerprint density at radius 3 is 2.03 bits per heavy atom. The number of H-pyrrole nitrogens is 1. The summed E-state index contributed by atoms with van der Waals surface area (Å²) in [5.74, 6) is -4.40. The third-order valence-corrected chi connectivity index (χ3v) is 5.64. The molecule has 0 bridgehead atoms. The molecule has 4 rings (SSSR count). The molecule has 4 aromatic rings. The molecule has 6 heteroatoms. The van der Waals surface area contributed by atoms with Gasteiger partial charge in [0.25, 0.3) is 0 Å². The number of fused-ring (bicyclic) bond motifs is 3. The smallest absolute Gasteiger partial charge is 0.321 e. The summed E-state index contributed by atoms with van der Waals surface area (Å²) in [4.78, 5) is 43.0. The van der Waals surface area contributed by atoms with Crippen molar-refractivity contribution in [3.63, 3.8) is 0 Å². The average molecular weight is 443 g/mol. The summed E-state index contributed by atoms with van der Waals surface area (Å²) >= 11 is 0. The summed E-state index contributed by atoms with van der Waals surface area (Å²) < 4.78 is 10.4. The summed E-state index contributed by atoms with van der Waals surface area (Å²) in [6, 6.07) is 22.0. The fourth-order valence-electron chi connectivity index (χ4n) is 4.17. The van der Waals surface area contributed by atoms with E-state index in [1.165, 1.54) is 0 Å². The van der Waals surface area contributed by atoms with Crippen LogP contribution in [0.25, 0.3) is 21.8 Å². The van der Waals surface area contributed by atoms with Gasteiger partial charge in [0.05, 0.1) is 19.1 Å². The maximum atomic E-state index is 13.7. The molecular formula is C27H25NO5. The number of rotatable bonds is 8. The lowest BCUT2D eigenvalue weighted by atomic mass is 9.80. The minimum Gasteiger partial charge on any atom is -0.465 e. The second-order valence-electron chi connectivity index (χ2n) is 7.67. The molecule has 0 aliphatic heterocycles. The quantitative estimate of drug-likeness (QED) is 0.235. The van der Waals surface area contributed by atoms with Gasteiger partial charge in [-0.2, -0.15) is 0 Å². The molecule has 0 aliphatic carbocycles. The van der Waals surface area contributed by atoms with Gasteiger partial charge in [-0.1, -0.05) is 54.6 Å². The van der Waals surface area contributed by atoms with Gasteiger partial charge >= 0.3 is 11.9 Å². The van der Waals surface area contributed by atoms with Crippen molar-refractivity contribution in [3.05, 3.63) is 83.9 Å². The Bertz CT molecular complexity index is 1290. The van der Waals surface area contributed by atoms with Crippen LogP contribution in [0.2, 0.25) is 0 Å². The van der Waals surface area contributed by atoms with Crippen molar-refractivity contribution in [2.45, 2.75) is 19.8 Å². The number of nitrogens with one attached hydrogen (secondary N) is 1. The number of ketones is 1. The maximum absolute atomic E-state index is 13.7. The van der Waals surface area contributed by atoms with Crippen LogP contribution < -0.4 is 0 Å². The number of hydrogen-bond donors (Lipinski definition) is 1. The molecular weight excluding hydrogens is 418 g/mol. The SMILES string of the molecule is CCOC(=O)C(C(=O)OCC)C(C(=O)c1ccccc1)c1ccc2[nH]c3ccccc3c2c1. The number of carbonyl (C=O) groups is 3. The van der Waals surface area contributed by atoms with E-state index in [9.17, 15) is 14.4 Å². The van der Waals surface area contributed by atoms with Gasteiger partial charge < -0.3 is 14.5 Å². The van der Waals surface area contributed by atoms with Gasteiger partial charge in [-0.3, -0.25) is 14.4 Å². The maximum Gasteiger partial charge on any atom is 0.321 e. The fourth-order valence-corrected chi connectivity index (χ4v) is 4.17. The van der Waals surface area contributed by atoms with E-state index < -0.39 is 23.8 Å². The highest BCUT2D eigenvalue weighted by molar-refractivity contribution is 6.11. The highest BCUT2D eigenvalue weighted by Crippen LogP contribution is 2.35. The van der Waals surface area contributed by atoms with Crippen LogP contribution in [0, 0.1) is 5.92 Å². The summed E-state index contributed by atoms with van der Waals surface area (Å²) in [5.41, 5.74) is 2.81. The molecule has 0 amide bonds. The van der Waals surface area contributed by atoms with Gasteiger partial charge in [-0.25, -0.2) is 0 Å². The van der Waals surface area contributed by atoms with E-state index in [0.717, 1.165) is 21.8 Å². The first-order chi connectivity index (χ1) is 16.0. The highest BCUT2D eigenvalue weighted by atomic mass is 16.6. The Kier molecular flexibility index (Phi) is 6.54. The van der Waals surface area contributed by atoms with Gasteiger partial charge in [0.2, 0.25) is 0 Å². The first-order valence-electron chi connectivity index (χ1n) is 11.0. The first-order valence-corrected chi connectivity index (χ1v) is 11.0. The van der Waals surface area contributed by atoms with Crippen LogP contribution >= 0.6 is 0 Å². The van der Waals surface area contributed by atoms with E-state index in [1.807, 2.05) is 36.4 Å². The molecule has 1 heterocycles. The molecule has 0 spiro atoms. The zero-order valence-corrected chi connectivity index (χ0v) is 18.5. The largest absolute Gasteiger partial charge is 0.465 e. The van der Waals surface area contributed by atoms with Crippen LogP contribution in [-0.2, 0) is 19.1 Å². The third-order valence-electron chi connectivity index (χ3n) is 5.64. The lowest BCUT2D eigenvalue weighted by Gasteiger charge is -2.24. The van der Waals surface area contributed by atoms with Gasteiger partial charge in [-0.05, 0) is 37.6 Å². The summed E-state index contributed by atoms with van der Waals surface area (Å²) in [5, 5.41) is 1.89. The molecule has 0 saturated carbocycles. The number of benzene rings is 3. The Labute approximate surface area is 191 Å². The van der Waals surface area contributed by atoms with Crippen LogP contribution in [0.4, 0.5) is 0 Å². The van der Waals surface area contributed by atoms with E-state index in [0.29, 0.717) is 11.1 Å². The Balaban J connectivity index is 1.91. The van der Waals surface area contributed by atoms with Gasteiger partial charge in [0, 0.05) is 27.4 Å². The standard InChI is InChI=1S/C27H25NO5/c1-3-32-26(30)24(27(31)33-4-2)23(25(29)17-10-6-5-7-11-17)18-14-15-22-20(16-18)19-12-8-9-13-21(19)28-22/h5-16,23-24,28H,3-4H2,1-2H3. The van der Waals surface area contributed by atoms with Crippen LogP contribution in [0.3, 0.4) is 0 Å². The minimum atomic E-state index is -1.42. The van der Waals surface area contributed by atoms with E-state index in [1.54, 1.807) is 50.2 Å². The molecule has 0 aliphatic rings. The van der Waals surface area contributed by atoms with Crippen LogP contribution in [0.15, 0.2) is 72.8 Å². The Morgan fingerprint density at radius 2 is 1.36 bits per heavy atom. The highest BCUT2D eigenvalue weighted by Gasteiger charge is 2.43. The molecule has 3 aromatic carbocycles. The van der Waals surface area contributed by atoms with Gasteiger partial charge in [0.15, 0.2) is 11.7 Å². The Morgan fingerprint density at radius 1 is 0.758 bits per heavy atom. The van der Waals surface area contributed by atoms with Crippen molar-refractivity contribution in [1.82, 2.24) is 4.98 Å². The van der Waals surface area contributed by atoms with E-state index in [-0.39, 0.29) is 19.0 Å². The lowest BCUT2D eigenvalue weighted by molar-refractivity contribution is -0.162. The molecule has 33 heavy (non-hydrogen) atoms. The summed E-state index contributed by atoms with van der Waals surface area (Å²) in [6.07, 6.45) is 0. The van der Waals surface area contributed by atoms with E-state index in [2.05, 4.69) is 4.98 Å². The molecule has 1 N–H and O–H groups in total. The zero-order chi connectivity index (χ0) is 23.4. The average Bonchev–Trinajstić information content (AvgIpc) is 3.20. The van der Waals surface area contributed by atoms with Gasteiger partial charge in [0.1, 0.15) is 0 Å². The van der Waals surface area contributed by atoms with Crippen LogP contribution in [0.1, 0.15) is 35.7 Å². The number of esters is 2. The number of aromatic amines is 1. The monoisotopic (exact) mass is 443 g/mol. The van der Waals surface area contributed by atoms with Gasteiger partial charge in [-0.15, -0.1) is 0 Å². The molecule has 0 radical (unpaired) electrons. The number of aromatic nitrogens is 1. The second-order valence-corrected chi connectivity index (χ2v) is 7.67. The molecule has 0 fully saturated rings.